The zero-order chi connectivity index (χ0) is 29.9. The topological polar surface area (TPSA) is 187 Å². The monoisotopic (exact) mass is 609 g/mol. The number of rotatable bonds is 13. The van der Waals surface area contributed by atoms with Crippen LogP contribution < -0.4 is 24.3 Å². The molecule has 0 unspecified atom stereocenters. The molecule has 0 bridgehead atoms. The molecule has 0 amide bonds. The molecule has 16 heteroatoms. The number of nitrogen functional groups attached to an aromatic ring is 1. The second-order valence-electron chi connectivity index (χ2n) is 8.19. The molecule has 2 heterocycles. The third kappa shape index (κ3) is 9.90. The third-order valence-corrected chi connectivity index (χ3v) is 6.38. The van der Waals surface area contributed by atoms with Crippen LogP contribution in [-0.2, 0) is 26.0 Å². The Morgan fingerprint density at radius 3 is 1.93 bits per heavy atom. The minimum absolute atomic E-state index is 0.187. The minimum Gasteiger partial charge on any atom is -0.490 e. The first-order valence-electron chi connectivity index (χ1n) is 12.4. The molecule has 4 aromatic rings. The maximum absolute atomic E-state index is 13.9. The van der Waals surface area contributed by atoms with Crippen LogP contribution in [-0.4, -0.2) is 64.9 Å². The smallest absolute Gasteiger partial charge is 0.456 e. The number of hydrogen-bond donors (Lipinski definition) is 2. The van der Waals surface area contributed by atoms with E-state index in [9.17, 15) is 13.0 Å². The van der Waals surface area contributed by atoms with Gasteiger partial charge in [-0.3, -0.25) is 4.55 Å². The van der Waals surface area contributed by atoms with Gasteiger partial charge in [0, 0.05) is 6.54 Å². The molecular formula is C25H32N5O9PS. The van der Waals surface area contributed by atoms with Crippen molar-refractivity contribution in [1.82, 2.24) is 19.5 Å². The van der Waals surface area contributed by atoms with Crippen LogP contribution in [0.5, 0.6) is 23.0 Å². The van der Waals surface area contributed by atoms with Crippen LogP contribution in [0.15, 0.2) is 61.2 Å². The van der Waals surface area contributed by atoms with E-state index in [1.165, 1.54) is 6.33 Å². The summed E-state index contributed by atoms with van der Waals surface area (Å²) in [6.45, 7) is 5.12. The van der Waals surface area contributed by atoms with Gasteiger partial charge >= 0.3 is 7.60 Å². The van der Waals surface area contributed by atoms with Gasteiger partial charge in [0.25, 0.3) is 10.1 Å². The number of fused-ring (bicyclic) bond motifs is 1. The van der Waals surface area contributed by atoms with Crippen molar-refractivity contribution in [3.05, 3.63) is 61.2 Å². The summed E-state index contributed by atoms with van der Waals surface area (Å²) in [6.07, 6.45) is 3.37. The van der Waals surface area contributed by atoms with E-state index in [2.05, 4.69) is 15.0 Å². The Morgan fingerprint density at radius 1 is 0.902 bits per heavy atom. The Hall–Kier alpha value is -3.91. The first-order chi connectivity index (χ1) is 19.5. The molecule has 3 N–H and O–H groups in total. The summed E-state index contributed by atoms with van der Waals surface area (Å²) in [5.41, 5.74) is 6.94. The number of aromatic nitrogens is 4. The normalized spacial score (nSPS) is 11.4. The molecule has 222 valence electrons. The van der Waals surface area contributed by atoms with E-state index in [1.807, 2.05) is 13.8 Å². The number of imidazole rings is 1. The predicted molar refractivity (Wildman–Crippen MR) is 152 cm³/mol. The predicted octanol–water partition coefficient (Wildman–Crippen LogP) is 4.04. The largest absolute Gasteiger partial charge is 0.490 e. The van der Waals surface area contributed by atoms with Gasteiger partial charge in [0.15, 0.2) is 40.8 Å². The van der Waals surface area contributed by atoms with E-state index in [-0.39, 0.29) is 24.5 Å². The molecule has 0 radical (unpaired) electrons. The van der Waals surface area contributed by atoms with Crippen molar-refractivity contribution in [2.45, 2.75) is 20.4 Å². The Balaban J connectivity index is 0.000000850. The molecule has 0 aliphatic carbocycles. The highest BCUT2D eigenvalue weighted by Crippen LogP contribution is 2.52. The summed E-state index contributed by atoms with van der Waals surface area (Å²) < 4.78 is 70.4. The fourth-order valence-electron chi connectivity index (χ4n) is 3.37. The van der Waals surface area contributed by atoms with E-state index in [0.29, 0.717) is 54.5 Å². The second kappa shape index (κ2) is 14.6. The van der Waals surface area contributed by atoms with Crippen LogP contribution in [0.4, 0.5) is 5.82 Å². The fraction of sp³-hybridized carbons (Fsp3) is 0.320. The van der Waals surface area contributed by atoms with Crippen LogP contribution in [0.25, 0.3) is 11.2 Å². The van der Waals surface area contributed by atoms with Crippen LogP contribution in [0.2, 0.25) is 0 Å². The maximum Gasteiger partial charge on any atom is 0.456 e. The summed E-state index contributed by atoms with van der Waals surface area (Å²) in [5.74, 6) is 1.76. The molecule has 2 aromatic heterocycles. The summed E-state index contributed by atoms with van der Waals surface area (Å²) in [5, 5.41) is 0. The lowest BCUT2D eigenvalue weighted by atomic mass is 10.3. The average molecular weight is 610 g/mol. The van der Waals surface area contributed by atoms with E-state index < -0.39 is 17.7 Å². The quantitative estimate of drug-likeness (QED) is 0.126. The van der Waals surface area contributed by atoms with Gasteiger partial charge < -0.3 is 33.6 Å². The fourth-order valence-corrected chi connectivity index (χ4v) is 4.77. The number of nitrogens with two attached hydrogens (primary N) is 1. The van der Waals surface area contributed by atoms with Gasteiger partial charge in [-0.15, -0.1) is 0 Å². The Morgan fingerprint density at radius 2 is 1.41 bits per heavy atom. The standard InChI is InChI=1S/C24H28N5O6P.CH4O3S/c1-3-32-18-9-5-7-11-20(18)34-36(30,35-21-12-8-6-10-19(21)33-4-2)17-31-14-13-29-16-28-22-23(25)26-15-27-24(22)29;1-5(2,3)4/h5-12,15-16H,3-4,13-14,17H2,1-2H3,(H2,25,26,27);1H3,(H,2,3,4). The minimum atomic E-state index is -3.88. The van der Waals surface area contributed by atoms with Crippen molar-refractivity contribution < 1.29 is 40.8 Å². The molecule has 0 aliphatic heterocycles. The van der Waals surface area contributed by atoms with Crippen molar-refractivity contribution in [3.8, 4) is 23.0 Å². The van der Waals surface area contributed by atoms with Crippen LogP contribution in [0.3, 0.4) is 0 Å². The molecule has 0 spiro atoms. The van der Waals surface area contributed by atoms with Gasteiger partial charge in [0.2, 0.25) is 0 Å². The zero-order valence-electron chi connectivity index (χ0n) is 22.7. The van der Waals surface area contributed by atoms with Crippen molar-refractivity contribution in [3.63, 3.8) is 0 Å². The Labute approximate surface area is 237 Å². The number of benzene rings is 2. The van der Waals surface area contributed by atoms with E-state index in [1.54, 1.807) is 59.4 Å². The summed E-state index contributed by atoms with van der Waals surface area (Å²) in [7, 11) is -7.55. The number of anilines is 1. The molecule has 0 saturated heterocycles. The van der Waals surface area contributed by atoms with E-state index in [4.69, 9.17) is 33.5 Å². The highest BCUT2D eigenvalue weighted by atomic mass is 32.2. The summed E-state index contributed by atoms with van der Waals surface area (Å²) in [4.78, 5) is 12.4. The van der Waals surface area contributed by atoms with Gasteiger partial charge in [0.05, 0.1) is 32.4 Å². The van der Waals surface area contributed by atoms with Crippen LogP contribution in [0.1, 0.15) is 13.8 Å². The van der Waals surface area contributed by atoms with Crippen molar-refractivity contribution in [1.29, 1.82) is 0 Å². The van der Waals surface area contributed by atoms with E-state index >= 15 is 0 Å². The Bertz CT molecular complexity index is 1520. The van der Waals surface area contributed by atoms with Crippen molar-refractivity contribution >= 4 is 34.7 Å². The van der Waals surface area contributed by atoms with Gasteiger partial charge in [-0.1, -0.05) is 24.3 Å². The van der Waals surface area contributed by atoms with Gasteiger partial charge in [-0.05, 0) is 38.1 Å². The van der Waals surface area contributed by atoms with Crippen LogP contribution >= 0.6 is 7.60 Å². The second-order valence-corrected chi connectivity index (χ2v) is 11.5. The molecule has 0 aliphatic rings. The average Bonchev–Trinajstić information content (AvgIpc) is 3.33. The molecule has 2 aromatic carbocycles. The highest BCUT2D eigenvalue weighted by Gasteiger charge is 2.31. The van der Waals surface area contributed by atoms with E-state index in [0.717, 1.165) is 0 Å². The SMILES string of the molecule is CCOc1ccccc1OP(=O)(COCCn1cnc2c(N)ncnc21)Oc1ccccc1OCC.CS(=O)(=O)O. The Kier molecular flexibility index (Phi) is 11.3. The molecule has 0 fully saturated rings. The number of nitrogens with zero attached hydrogens (tertiary/aromatic N) is 4. The lowest BCUT2D eigenvalue weighted by Crippen LogP contribution is -2.12. The lowest BCUT2D eigenvalue weighted by Gasteiger charge is -2.22. The number of ether oxygens (including phenoxy) is 3. The third-order valence-electron chi connectivity index (χ3n) is 4.93. The zero-order valence-corrected chi connectivity index (χ0v) is 24.5. The van der Waals surface area contributed by atoms with Gasteiger partial charge in [-0.25, -0.2) is 19.5 Å². The highest BCUT2D eigenvalue weighted by molar-refractivity contribution is 7.85. The molecular weight excluding hydrogens is 577 g/mol. The molecule has 0 saturated carbocycles. The number of para-hydroxylation sites is 4. The summed E-state index contributed by atoms with van der Waals surface area (Å²) >= 11 is 0. The maximum atomic E-state index is 13.9. The molecule has 41 heavy (non-hydrogen) atoms. The first kappa shape index (κ1) is 31.6. The van der Waals surface area contributed by atoms with Crippen molar-refractivity contribution in [2.75, 3.05) is 38.2 Å². The number of hydrogen-bond acceptors (Lipinski definition) is 12. The van der Waals surface area contributed by atoms with Crippen molar-refractivity contribution in [2.24, 2.45) is 0 Å². The first-order valence-corrected chi connectivity index (χ1v) is 15.9. The van der Waals surface area contributed by atoms with Gasteiger partial charge in [-0.2, -0.15) is 8.42 Å². The lowest BCUT2D eigenvalue weighted by molar-refractivity contribution is 0.151. The van der Waals surface area contributed by atoms with Gasteiger partial charge in [0.1, 0.15) is 11.8 Å². The molecule has 14 nitrogen and oxygen atoms in total. The van der Waals surface area contributed by atoms with Crippen LogP contribution in [0, 0.1) is 0 Å². The molecule has 0 atom stereocenters. The summed E-state index contributed by atoms with van der Waals surface area (Å²) in [6, 6.07) is 13.9. The molecule has 4 rings (SSSR count).